The molecular weight excluding hydrogens is 400 g/mol. The molecule has 0 bridgehead atoms. The second-order valence-electron chi connectivity index (χ2n) is 7.63. The predicted molar refractivity (Wildman–Crippen MR) is 113 cm³/mol. The van der Waals surface area contributed by atoms with E-state index in [1.54, 1.807) is 13.8 Å². The van der Waals surface area contributed by atoms with E-state index in [2.05, 4.69) is 10.6 Å². The number of carboxylic acids is 1. The minimum Gasteiger partial charge on any atom is -0.480 e. The lowest BCUT2D eigenvalue weighted by atomic mass is 9.98. The molecule has 0 fully saturated rings. The molecule has 0 heterocycles. The molecule has 0 radical (unpaired) electrons. The number of aliphatic carboxylic acids is 1. The molecule has 3 atom stereocenters. The van der Waals surface area contributed by atoms with Crippen LogP contribution in [0.5, 0.6) is 0 Å². The van der Waals surface area contributed by atoms with Gasteiger partial charge in [-0.3, -0.25) is 4.79 Å². The Labute approximate surface area is 180 Å². The first kappa shape index (κ1) is 22.3. The topological polar surface area (TPSA) is 125 Å². The molecule has 164 valence electrons. The third-order valence-electron chi connectivity index (χ3n) is 5.65. The lowest BCUT2D eigenvalue weighted by molar-refractivity contribution is -0.143. The number of nitrogens with one attached hydrogen (secondary N) is 2. The van der Waals surface area contributed by atoms with E-state index in [-0.39, 0.29) is 12.5 Å². The maximum absolute atomic E-state index is 12.3. The van der Waals surface area contributed by atoms with E-state index in [0.29, 0.717) is 0 Å². The quantitative estimate of drug-likeness (QED) is 0.512. The normalized spacial score (nSPS) is 15.2. The van der Waals surface area contributed by atoms with Crippen molar-refractivity contribution in [1.29, 1.82) is 0 Å². The summed E-state index contributed by atoms with van der Waals surface area (Å²) < 4.78 is 5.46. The molecule has 4 N–H and O–H groups in total. The molecule has 3 rings (SSSR count). The minimum absolute atomic E-state index is 0.0740. The molecule has 0 saturated heterocycles. The molecule has 0 aromatic heterocycles. The summed E-state index contributed by atoms with van der Waals surface area (Å²) in [7, 11) is 0. The van der Waals surface area contributed by atoms with Crippen LogP contribution in [0.2, 0.25) is 0 Å². The third kappa shape index (κ3) is 4.86. The first-order valence-corrected chi connectivity index (χ1v) is 10.1. The zero-order valence-electron chi connectivity index (χ0n) is 17.4. The molecule has 8 heteroatoms. The number of aliphatic hydroxyl groups is 1. The first-order chi connectivity index (χ1) is 14.8. The second kappa shape index (κ2) is 9.61. The summed E-state index contributed by atoms with van der Waals surface area (Å²) in [4.78, 5) is 35.5. The van der Waals surface area contributed by atoms with Crippen molar-refractivity contribution in [2.75, 3.05) is 13.2 Å². The van der Waals surface area contributed by atoms with Gasteiger partial charge in [-0.25, -0.2) is 9.59 Å². The van der Waals surface area contributed by atoms with Crippen LogP contribution in [-0.4, -0.2) is 53.5 Å². The largest absolute Gasteiger partial charge is 0.480 e. The fourth-order valence-corrected chi connectivity index (χ4v) is 3.67. The minimum atomic E-state index is -1.39. The maximum Gasteiger partial charge on any atom is 0.407 e. The van der Waals surface area contributed by atoms with Gasteiger partial charge in [-0.15, -0.1) is 0 Å². The van der Waals surface area contributed by atoms with Crippen LogP contribution in [0.25, 0.3) is 11.1 Å². The van der Waals surface area contributed by atoms with Gasteiger partial charge in [0.1, 0.15) is 12.6 Å². The molecule has 0 spiro atoms. The van der Waals surface area contributed by atoms with E-state index in [0.717, 1.165) is 22.3 Å². The summed E-state index contributed by atoms with van der Waals surface area (Å²) >= 11 is 0. The van der Waals surface area contributed by atoms with Gasteiger partial charge < -0.3 is 25.6 Å². The summed E-state index contributed by atoms with van der Waals surface area (Å²) in [6.07, 6.45) is -0.661. The summed E-state index contributed by atoms with van der Waals surface area (Å²) in [5, 5.41) is 22.8. The Balaban J connectivity index is 1.58. The maximum atomic E-state index is 12.3. The van der Waals surface area contributed by atoms with Gasteiger partial charge >= 0.3 is 12.1 Å². The predicted octanol–water partition coefficient (Wildman–Crippen LogP) is 2.11. The Hall–Kier alpha value is -3.39. The van der Waals surface area contributed by atoms with Gasteiger partial charge in [0.05, 0.1) is 12.5 Å². The standard InChI is InChI=1S/C23H26N2O6/c1-13(21(27)25-20(11-26)22(28)29)14(2)24-23(30)31-12-19-17-9-5-3-7-15(17)16-8-4-6-10-18(16)19/h3-10,13-14,19-20,26H,11-12H2,1-2H3,(H,24,30)(H,25,27)(H,28,29)/t13?,14?,20-/m0/s1. The lowest BCUT2D eigenvalue weighted by Gasteiger charge is -2.22. The number of carbonyl (C=O) groups excluding carboxylic acids is 2. The van der Waals surface area contributed by atoms with Crippen LogP contribution in [-0.2, 0) is 14.3 Å². The van der Waals surface area contributed by atoms with Crippen molar-refractivity contribution in [3.8, 4) is 11.1 Å². The van der Waals surface area contributed by atoms with Crippen molar-refractivity contribution < 1.29 is 29.3 Å². The smallest absolute Gasteiger partial charge is 0.407 e. The van der Waals surface area contributed by atoms with Gasteiger partial charge in [-0.2, -0.15) is 0 Å². The van der Waals surface area contributed by atoms with Crippen LogP contribution in [0.15, 0.2) is 48.5 Å². The van der Waals surface area contributed by atoms with Crippen LogP contribution in [0, 0.1) is 5.92 Å². The number of ether oxygens (including phenoxy) is 1. The molecule has 2 aromatic rings. The average molecular weight is 426 g/mol. The summed E-state index contributed by atoms with van der Waals surface area (Å²) in [6, 6.07) is 14.0. The zero-order valence-corrected chi connectivity index (χ0v) is 17.4. The van der Waals surface area contributed by atoms with Crippen LogP contribution in [0.1, 0.15) is 30.9 Å². The number of hydrogen-bond acceptors (Lipinski definition) is 5. The van der Waals surface area contributed by atoms with Crippen LogP contribution in [0.4, 0.5) is 4.79 Å². The molecule has 0 aliphatic heterocycles. The average Bonchev–Trinajstić information content (AvgIpc) is 3.08. The number of aliphatic hydroxyl groups excluding tert-OH is 1. The fourth-order valence-electron chi connectivity index (χ4n) is 3.67. The van der Waals surface area contributed by atoms with Gasteiger partial charge in [0, 0.05) is 12.0 Å². The zero-order chi connectivity index (χ0) is 22.5. The van der Waals surface area contributed by atoms with Crippen molar-refractivity contribution >= 4 is 18.0 Å². The number of benzene rings is 2. The van der Waals surface area contributed by atoms with Gasteiger partial charge in [-0.05, 0) is 29.2 Å². The van der Waals surface area contributed by atoms with Crippen molar-refractivity contribution in [3.05, 3.63) is 59.7 Å². The van der Waals surface area contributed by atoms with E-state index >= 15 is 0 Å². The Morgan fingerprint density at radius 1 is 0.968 bits per heavy atom. The number of rotatable bonds is 8. The highest BCUT2D eigenvalue weighted by Crippen LogP contribution is 2.44. The third-order valence-corrected chi connectivity index (χ3v) is 5.65. The van der Waals surface area contributed by atoms with E-state index in [9.17, 15) is 14.4 Å². The van der Waals surface area contributed by atoms with Gasteiger partial charge in [-0.1, -0.05) is 55.5 Å². The molecule has 2 unspecified atom stereocenters. The van der Waals surface area contributed by atoms with E-state index in [1.165, 1.54) is 0 Å². The van der Waals surface area contributed by atoms with Crippen molar-refractivity contribution in [1.82, 2.24) is 10.6 Å². The van der Waals surface area contributed by atoms with E-state index in [1.807, 2.05) is 48.5 Å². The fraction of sp³-hybridized carbons (Fsp3) is 0.348. The Morgan fingerprint density at radius 3 is 2.03 bits per heavy atom. The Bertz CT molecular complexity index is 931. The van der Waals surface area contributed by atoms with Crippen molar-refractivity contribution in [2.24, 2.45) is 5.92 Å². The molecule has 0 saturated carbocycles. The summed E-state index contributed by atoms with van der Waals surface area (Å²) in [6.45, 7) is 2.61. The molecule has 2 amide bonds. The first-order valence-electron chi connectivity index (χ1n) is 10.1. The van der Waals surface area contributed by atoms with Gasteiger partial charge in [0.15, 0.2) is 0 Å². The number of amides is 2. The SMILES string of the molecule is CC(NC(=O)OCC1c2ccccc2-c2ccccc21)C(C)C(=O)N[C@@H](CO)C(=O)O. The molecule has 1 aliphatic rings. The number of hydrogen-bond donors (Lipinski definition) is 4. The molecule has 31 heavy (non-hydrogen) atoms. The highest BCUT2D eigenvalue weighted by molar-refractivity contribution is 5.85. The van der Waals surface area contributed by atoms with Crippen LogP contribution < -0.4 is 10.6 Å². The molecule has 2 aromatic carbocycles. The molecule has 1 aliphatic carbocycles. The number of fused-ring (bicyclic) bond motifs is 3. The Kier molecular flexibility index (Phi) is 6.91. The monoisotopic (exact) mass is 426 g/mol. The summed E-state index contributed by atoms with van der Waals surface area (Å²) in [5.41, 5.74) is 4.45. The molecular formula is C23H26N2O6. The molecule has 8 nitrogen and oxygen atoms in total. The second-order valence-corrected chi connectivity index (χ2v) is 7.63. The number of carboxylic acid groups (broad SMARTS) is 1. The van der Waals surface area contributed by atoms with E-state index < -0.39 is 42.6 Å². The van der Waals surface area contributed by atoms with Crippen LogP contribution in [0.3, 0.4) is 0 Å². The van der Waals surface area contributed by atoms with Crippen molar-refractivity contribution in [2.45, 2.75) is 31.8 Å². The Morgan fingerprint density at radius 2 is 1.52 bits per heavy atom. The lowest BCUT2D eigenvalue weighted by Crippen LogP contribution is -2.50. The highest BCUT2D eigenvalue weighted by atomic mass is 16.5. The van der Waals surface area contributed by atoms with Gasteiger partial charge in [0.2, 0.25) is 5.91 Å². The highest BCUT2D eigenvalue weighted by Gasteiger charge is 2.30. The number of alkyl carbamates (subject to hydrolysis) is 1. The van der Waals surface area contributed by atoms with Gasteiger partial charge in [0.25, 0.3) is 0 Å². The van der Waals surface area contributed by atoms with Crippen molar-refractivity contribution in [3.63, 3.8) is 0 Å². The number of carbonyl (C=O) groups is 3. The summed E-state index contributed by atoms with van der Waals surface area (Å²) in [5.74, 6) is -2.72. The van der Waals surface area contributed by atoms with E-state index in [4.69, 9.17) is 14.9 Å². The van der Waals surface area contributed by atoms with Crippen LogP contribution >= 0.6 is 0 Å².